The minimum atomic E-state index is -0.377. The highest BCUT2D eigenvalue weighted by atomic mass is 32.2. The lowest BCUT2D eigenvalue weighted by Crippen LogP contribution is -2.33. The summed E-state index contributed by atoms with van der Waals surface area (Å²) in [4.78, 5) is 24.3. The highest BCUT2D eigenvalue weighted by Gasteiger charge is 2.32. The van der Waals surface area contributed by atoms with Crippen molar-refractivity contribution >= 4 is 35.5 Å². The zero-order chi connectivity index (χ0) is 15.2. The molecule has 1 aromatic rings. The quantitative estimate of drug-likeness (QED) is 0.908. The minimum Gasteiger partial charge on any atom is -0.442 e. The van der Waals surface area contributed by atoms with Crippen LogP contribution in [0.3, 0.4) is 0 Å². The van der Waals surface area contributed by atoms with Gasteiger partial charge in [0.15, 0.2) is 0 Å². The van der Waals surface area contributed by atoms with Gasteiger partial charge in [0.05, 0.1) is 13.1 Å². The fraction of sp³-hybridized carbons (Fsp3) is 0.333. The van der Waals surface area contributed by atoms with Crippen LogP contribution in [0, 0.1) is 0 Å². The molecule has 0 aliphatic carbocycles. The fourth-order valence-electron chi connectivity index (χ4n) is 2.01. The Morgan fingerprint density at radius 1 is 1.48 bits per heavy atom. The maximum atomic E-state index is 11.9. The van der Waals surface area contributed by atoms with Crippen LogP contribution in [0.1, 0.15) is 12.5 Å². The minimum absolute atomic E-state index is 0.130. The number of amides is 2. The normalized spacial score (nSPS) is 18.1. The lowest BCUT2D eigenvalue weighted by molar-refractivity contribution is -0.119. The van der Waals surface area contributed by atoms with E-state index in [9.17, 15) is 9.59 Å². The number of carbonyl (C=O) groups excluding carboxylic acids is 2. The third kappa shape index (κ3) is 4.26. The molecule has 0 bridgehead atoms. The van der Waals surface area contributed by atoms with Crippen LogP contribution < -0.4 is 10.2 Å². The van der Waals surface area contributed by atoms with Crippen molar-refractivity contribution in [1.29, 1.82) is 0 Å². The van der Waals surface area contributed by atoms with Crippen LogP contribution in [-0.4, -0.2) is 37.4 Å². The summed E-state index contributed by atoms with van der Waals surface area (Å²) in [6.45, 7) is 2.22. The van der Waals surface area contributed by atoms with Gasteiger partial charge in [-0.15, -0.1) is 11.8 Å². The van der Waals surface area contributed by atoms with E-state index in [0.717, 1.165) is 11.3 Å². The van der Waals surface area contributed by atoms with Gasteiger partial charge in [0.25, 0.3) is 0 Å². The Kier molecular flexibility index (Phi) is 5.27. The van der Waals surface area contributed by atoms with Crippen molar-refractivity contribution in [2.75, 3.05) is 24.2 Å². The van der Waals surface area contributed by atoms with E-state index in [0.29, 0.717) is 13.1 Å². The number of cyclic esters (lactones) is 1. The summed E-state index contributed by atoms with van der Waals surface area (Å²) < 4.78 is 5.23. The molecule has 2 rings (SSSR count). The maximum absolute atomic E-state index is 11.9. The monoisotopic (exact) mass is 306 g/mol. The molecule has 0 saturated carbocycles. The molecule has 1 N–H and O–H groups in total. The topological polar surface area (TPSA) is 58.6 Å². The van der Waals surface area contributed by atoms with E-state index in [2.05, 4.69) is 5.32 Å². The summed E-state index contributed by atoms with van der Waals surface area (Å²) >= 11 is 1.63. The Morgan fingerprint density at radius 3 is 2.81 bits per heavy atom. The molecule has 21 heavy (non-hydrogen) atoms. The molecule has 6 heteroatoms. The van der Waals surface area contributed by atoms with E-state index < -0.39 is 0 Å². The van der Waals surface area contributed by atoms with E-state index in [1.807, 2.05) is 42.0 Å². The molecular formula is C15H18N2O3S. The Bertz CT molecular complexity index is 542. The largest absolute Gasteiger partial charge is 0.442 e. The van der Waals surface area contributed by atoms with Gasteiger partial charge in [-0.2, -0.15) is 0 Å². The molecule has 1 atom stereocenters. The predicted octanol–water partition coefficient (Wildman–Crippen LogP) is 2.48. The third-order valence-corrected chi connectivity index (χ3v) is 3.46. The van der Waals surface area contributed by atoms with E-state index in [1.165, 1.54) is 6.92 Å². The summed E-state index contributed by atoms with van der Waals surface area (Å²) in [5.74, 6) is -0.130. The van der Waals surface area contributed by atoms with Crippen molar-refractivity contribution in [3.63, 3.8) is 0 Å². The number of hydrogen-bond acceptors (Lipinski definition) is 4. The van der Waals surface area contributed by atoms with Gasteiger partial charge in [-0.25, -0.2) is 4.79 Å². The highest BCUT2D eigenvalue weighted by molar-refractivity contribution is 8.01. The number of anilines is 1. The molecule has 2 amide bonds. The number of nitrogens with one attached hydrogen (secondary N) is 1. The van der Waals surface area contributed by atoms with Gasteiger partial charge in [0, 0.05) is 12.6 Å². The molecule has 1 fully saturated rings. The summed E-state index contributed by atoms with van der Waals surface area (Å²) in [7, 11) is 0. The lowest BCUT2D eigenvalue weighted by atomic mass is 10.2. The first-order valence-electron chi connectivity index (χ1n) is 6.62. The van der Waals surface area contributed by atoms with Gasteiger partial charge in [-0.05, 0) is 35.4 Å². The van der Waals surface area contributed by atoms with Gasteiger partial charge in [0.1, 0.15) is 6.10 Å². The Hall–Kier alpha value is -1.95. The van der Waals surface area contributed by atoms with E-state index in [-0.39, 0.29) is 18.1 Å². The van der Waals surface area contributed by atoms with Crippen molar-refractivity contribution < 1.29 is 14.3 Å². The Labute approximate surface area is 128 Å². The molecule has 0 aromatic heterocycles. The predicted molar refractivity (Wildman–Crippen MR) is 85.3 cm³/mol. The number of ether oxygens (including phenoxy) is 1. The van der Waals surface area contributed by atoms with Crippen LogP contribution in [0.5, 0.6) is 0 Å². The van der Waals surface area contributed by atoms with E-state index >= 15 is 0 Å². The summed E-state index contributed by atoms with van der Waals surface area (Å²) in [6.07, 6.45) is 3.33. The zero-order valence-corrected chi connectivity index (χ0v) is 12.9. The van der Waals surface area contributed by atoms with Gasteiger partial charge in [-0.3, -0.25) is 9.69 Å². The molecule has 1 aliphatic rings. The van der Waals surface area contributed by atoms with Crippen molar-refractivity contribution in [1.82, 2.24) is 5.32 Å². The van der Waals surface area contributed by atoms with E-state index in [4.69, 9.17) is 4.74 Å². The second-order valence-corrected chi connectivity index (χ2v) is 5.43. The number of rotatable bonds is 5. The van der Waals surface area contributed by atoms with Crippen LogP contribution in [0.25, 0.3) is 6.08 Å². The van der Waals surface area contributed by atoms with Gasteiger partial charge in [0.2, 0.25) is 5.91 Å². The molecule has 1 aromatic carbocycles. The molecule has 0 spiro atoms. The molecule has 112 valence electrons. The molecule has 1 saturated heterocycles. The fourth-order valence-corrected chi connectivity index (χ4v) is 2.30. The van der Waals surface area contributed by atoms with Crippen LogP contribution in [0.4, 0.5) is 10.5 Å². The Morgan fingerprint density at radius 2 is 2.19 bits per heavy atom. The number of thioether (sulfide) groups is 1. The first kappa shape index (κ1) is 15.4. The average Bonchev–Trinajstić information content (AvgIpc) is 2.84. The maximum Gasteiger partial charge on any atom is 0.414 e. The Balaban J connectivity index is 1.99. The molecule has 1 unspecified atom stereocenters. The van der Waals surface area contributed by atoms with Crippen LogP contribution in [0.15, 0.2) is 29.7 Å². The molecular weight excluding hydrogens is 288 g/mol. The zero-order valence-electron chi connectivity index (χ0n) is 12.0. The van der Waals surface area contributed by atoms with Crippen molar-refractivity contribution in [3.8, 4) is 0 Å². The van der Waals surface area contributed by atoms with E-state index in [1.54, 1.807) is 16.7 Å². The summed E-state index contributed by atoms with van der Waals surface area (Å²) in [6, 6.07) is 7.69. The van der Waals surface area contributed by atoms with Crippen molar-refractivity contribution in [2.45, 2.75) is 13.0 Å². The summed E-state index contributed by atoms with van der Waals surface area (Å²) in [5, 5.41) is 4.66. The second kappa shape index (κ2) is 7.17. The van der Waals surface area contributed by atoms with Crippen molar-refractivity contribution in [2.24, 2.45) is 0 Å². The first-order chi connectivity index (χ1) is 10.1. The van der Waals surface area contributed by atoms with Gasteiger partial charge in [-0.1, -0.05) is 12.1 Å². The lowest BCUT2D eigenvalue weighted by Gasteiger charge is -2.13. The average molecular weight is 306 g/mol. The molecule has 1 heterocycles. The van der Waals surface area contributed by atoms with Gasteiger partial charge >= 0.3 is 6.09 Å². The molecule has 0 radical (unpaired) electrons. The van der Waals surface area contributed by atoms with Crippen LogP contribution >= 0.6 is 11.8 Å². The SMILES string of the molecule is CSC=Cc1ccc(N2CC(CNC(C)=O)OC2=O)cc1. The standard InChI is InChI=1S/C15H18N2O3S/c1-11(18)16-9-14-10-17(15(19)20-14)13-5-3-12(4-6-13)7-8-21-2/h3-8,14H,9-10H2,1-2H3,(H,16,18). The third-order valence-electron chi connectivity index (χ3n) is 3.05. The van der Waals surface area contributed by atoms with Crippen LogP contribution in [0.2, 0.25) is 0 Å². The first-order valence-corrected chi connectivity index (χ1v) is 7.91. The van der Waals surface area contributed by atoms with Gasteiger partial charge < -0.3 is 10.1 Å². The number of benzene rings is 1. The number of nitrogens with zero attached hydrogens (tertiary/aromatic N) is 1. The van der Waals surface area contributed by atoms with Crippen LogP contribution in [-0.2, 0) is 9.53 Å². The number of hydrogen-bond donors (Lipinski definition) is 1. The molecule has 5 nitrogen and oxygen atoms in total. The number of carbonyl (C=O) groups is 2. The smallest absolute Gasteiger partial charge is 0.414 e. The summed E-state index contributed by atoms with van der Waals surface area (Å²) in [5.41, 5.74) is 1.88. The second-order valence-electron chi connectivity index (χ2n) is 4.68. The highest BCUT2D eigenvalue weighted by Crippen LogP contribution is 2.22. The molecule has 1 aliphatic heterocycles. The van der Waals surface area contributed by atoms with Crippen molar-refractivity contribution in [3.05, 3.63) is 35.2 Å².